The molecule has 0 saturated carbocycles. The van der Waals surface area contributed by atoms with Crippen molar-refractivity contribution in [2.45, 2.75) is 37.9 Å². The number of alkyl halides is 3. The average Bonchev–Trinajstić information content (AvgIpc) is 2.96. The van der Waals surface area contributed by atoms with Gasteiger partial charge in [0.1, 0.15) is 0 Å². The summed E-state index contributed by atoms with van der Waals surface area (Å²) in [6.45, 7) is 2.03. The maximum atomic E-state index is 13.5. The summed E-state index contributed by atoms with van der Waals surface area (Å²) >= 11 is 0. The van der Waals surface area contributed by atoms with E-state index in [0.29, 0.717) is 24.0 Å². The standard InChI is InChI=1S/C27H23F3N2O/c1-16-6-8-17(9-7-16)19-14-23-25(24(33)15-19)26(32-22-5-3-2-4-21(22)31-23)18-10-12-20(13-11-18)27(28,29)30/h2-13,19,26,31-32H,14-15H2,1H3/t19-,26-/m0/s1. The first-order chi connectivity index (χ1) is 15.8. The minimum Gasteiger partial charge on any atom is -0.372 e. The van der Waals surface area contributed by atoms with Gasteiger partial charge in [-0.3, -0.25) is 4.79 Å². The van der Waals surface area contributed by atoms with Crippen molar-refractivity contribution in [3.05, 3.63) is 106 Å². The van der Waals surface area contributed by atoms with Crippen LogP contribution in [0.15, 0.2) is 84.1 Å². The van der Waals surface area contributed by atoms with Crippen molar-refractivity contribution >= 4 is 17.2 Å². The van der Waals surface area contributed by atoms with Crippen molar-refractivity contribution in [3.8, 4) is 0 Å². The quantitative estimate of drug-likeness (QED) is 0.444. The van der Waals surface area contributed by atoms with Crippen LogP contribution >= 0.6 is 0 Å². The number of nitrogens with one attached hydrogen (secondary N) is 2. The molecule has 1 aliphatic heterocycles. The largest absolute Gasteiger partial charge is 0.416 e. The van der Waals surface area contributed by atoms with Crippen LogP contribution in [0.2, 0.25) is 0 Å². The van der Waals surface area contributed by atoms with E-state index in [0.717, 1.165) is 40.3 Å². The molecule has 6 heteroatoms. The van der Waals surface area contributed by atoms with Crippen LogP contribution in [0.5, 0.6) is 0 Å². The Hall–Kier alpha value is -3.54. The Bertz CT molecular complexity index is 1230. The molecule has 2 atom stereocenters. The first kappa shape index (κ1) is 21.3. The Balaban J connectivity index is 1.57. The molecular formula is C27H23F3N2O. The van der Waals surface area contributed by atoms with Gasteiger partial charge < -0.3 is 10.6 Å². The molecule has 33 heavy (non-hydrogen) atoms. The molecule has 3 aromatic rings. The summed E-state index contributed by atoms with van der Waals surface area (Å²) in [6.07, 6.45) is -3.40. The van der Waals surface area contributed by atoms with Crippen molar-refractivity contribution in [1.82, 2.24) is 0 Å². The van der Waals surface area contributed by atoms with E-state index in [-0.39, 0.29) is 11.7 Å². The third kappa shape index (κ3) is 4.13. The molecule has 0 bridgehead atoms. The van der Waals surface area contributed by atoms with Crippen molar-refractivity contribution in [1.29, 1.82) is 0 Å². The molecule has 168 valence electrons. The minimum atomic E-state index is -4.41. The Labute approximate surface area is 190 Å². The molecule has 0 fully saturated rings. The first-order valence-electron chi connectivity index (χ1n) is 10.9. The number of rotatable bonds is 2. The lowest BCUT2D eigenvalue weighted by Gasteiger charge is -2.30. The average molecular weight is 448 g/mol. The smallest absolute Gasteiger partial charge is 0.372 e. The third-order valence-corrected chi connectivity index (χ3v) is 6.43. The van der Waals surface area contributed by atoms with Crippen LogP contribution in [0.4, 0.5) is 24.5 Å². The number of benzene rings is 3. The highest BCUT2D eigenvalue weighted by Crippen LogP contribution is 2.44. The van der Waals surface area contributed by atoms with Gasteiger partial charge in [0, 0.05) is 17.7 Å². The fourth-order valence-electron chi connectivity index (χ4n) is 4.68. The van der Waals surface area contributed by atoms with Gasteiger partial charge in [0.25, 0.3) is 0 Å². The van der Waals surface area contributed by atoms with E-state index in [9.17, 15) is 18.0 Å². The number of aryl methyl sites for hydroxylation is 1. The zero-order valence-corrected chi connectivity index (χ0v) is 18.0. The Morgan fingerprint density at radius 3 is 2.12 bits per heavy atom. The number of para-hydroxylation sites is 2. The molecule has 2 aliphatic rings. The fourth-order valence-corrected chi connectivity index (χ4v) is 4.68. The summed E-state index contributed by atoms with van der Waals surface area (Å²) in [5.74, 6) is 0.0439. The summed E-state index contributed by atoms with van der Waals surface area (Å²) in [4.78, 5) is 13.5. The van der Waals surface area contributed by atoms with Gasteiger partial charge in [0.05, 0.1) is 23.0 Å². The zero-order chi connectivity index (χ0) is 23.2. The van der Waals surface area contributed by atoms with Gasteiger partial charge in [0.2, 0.25) is 0 Å². The highest BCUT2D eigenvalue weighted by atomic mass is 19.4. The maximum absolute atomic E-state index is 13.5. The molecule has 0 unspecified atom stereocenters. The van der Waals surface area contributed by atoms with E-state index in [1.807, 2.05) is 43.3 Å². The number of carbonyl (C=O) groups is 1. The molecular weight excluding hydrogens is 425 g/mol. The summed E-state index contributed by atoms with van der Waals surface area (Å²) in [5.41, 5.74) is 5.24. The van der Waals surface area contributed by atoms with Crippen molar-refractivity contribution in [2.75, 3.05) is 10.6 Å². The number of anilines is 2. The van der Waals surface area contributed by atoms with E-state index in [1.54, 1.807) is 0 Å². The van der Waals surface area contributed by atoms with E-state index in [1.165, 1.54) is 12.1 Å². The number of allylic oxidation sites excluding steroid dienone is 1. The fraction of sp³-hybridized carbons (Fsp3) is 0.222. The van der Waals surface area contributed by atoms with Crippen LogP contribution in [0.3, 0.4) is 0 Å². The van der Waals surface area contributed by atoms with E-state index in [4.69, 9.17) is 0 Å². The van der Waals surface area contributed by atoms with Gasteiger partial charge in [-0.05, 0) is 54.7 Å². The number of carbonyl (C=O) groups excluding carboxylic acids is 1. The molecule has 0 aromatic heterocycles. The second-order valence-electron chi connectivity index (χ2n) is 8.70. The molecule has 3 nitrogen and oxygen atoms in total. The maximum Gasteiger partial charge on any atom is 0.416 e. The van der Waals surface area contributed by atoms with Crippen molar-refractivity contribution in [2.24, 2.45) is 0 Å². The summed E-state index contributed by atoms with van der Waals surface area (Å²) in [6, 6.07) is 20.4. The Kier molecular flexibility index (Phi) is 5.23. The highest BCUT2D eigenvalue weighted by Gasteiger charge is 2.36. The van der Waals surface area contributed by atoms with Gasteiger partial charge in [-0.2, -0.15) is 13.2 Å². The monoisotopic (exact) mass is 448 g/mol. The molecule has 3 aromatic carbocycles. The summed E-state index contributed by atoms with van der Waals surface area (Å²) in [7, 11) is 0. The number of Topliss-reactive ketones (excluding diaryl/α,β-unsaturated/α-hetero) is 1. The second-order valence-corrected chi connectivity index (χ2v) is 8.70. The molecule has 0 saturated heterocycles. The van der Waals surface area contributed by atoms with Gasteiger partial charge in [0.15, 0.2) is 5.78 Å². The number of fused-ring (bicyclic) bond motifs is 1. The number of halogens is 3. The molecule has 1 aliphatic carbocycles. The Morgan fingerprint density at radius 2 is 1.45 bits per heavy atom. The van der Waals surface area contributed by atoms with Gasteiger partial charge >= 0.3 is 6.18 Å². The summed E-state index contributed by atoms with van der Waals surface area (Å²) < 4.78 is 39.3. The van der Waals surface area contributed by atoms with Crippen molar-refractivity contribution in [3.63, 3.8) is 0 Å². The lowest BCUT2D eigenvalue weighted by Crippen LogP contribution is -2.27. The minimum absolute atomic E-state index is 0.000436. The molecule has 0 spiro atoms. The summed E-state index contributed by atoms with van der Waals surface area (Å²) in [5, 5.41) is 6.86. The zero-order valence-electron chi connectivity index (χ0n) is 18.0. The molecule has 1 heterocycles. The predicted octanol–water partition coefficient (Wildman–Crippen LogP) is 6.99. The third-order valence-electron chi connectivity index (χ3n) is 6.43. The predicted molar refractivity (Wildman–Crippen MR) is 123 cm³/mol. The van der Waals surface area contributed by atoms with Crippen LogP contribution < -0.4 is 10.6 Å². The van der Waals surface area contributed by atoms with Crippen molar-refractivity contribution < 1.29 is 18.0 Å². The molecule has 2 N–H and O–H groups in total. The van der Waals surface area contributed by atoms with Crippen LogP contribution in [0.25, 0.3) is 0 Å². The van der Waals surface area contributed by atoms with Gasteiger partial charge in [-0.25, -0.2) is 0 Å². The Morgan fingerprint density at radius 1 is 0.818 bits per heavy atom. The first-order valence-corrected chi connectivity index (χ1v) is 10.9. The second kappa shape index (κ2) is 8.10. The van der Waals surface area contributed by atoms with Crippen LogP contribution in [-0.4, -0.2) is 5.78 Å². The number of hydrogen-bond acceptors (Lipinski definition) is 3. The van der Waals surface area contributed by atoms with Gasteiger partial charge in [-0.1, -0.05) is 54.1 Å². The van der Waals surface area contributed by atoms with Crippen LogP contribution in [0.1, 0.15) is 47.1 Å². The van der Waals surface area contributed by atoms with E-state index >= 15 is 0 Å². The van der Waals surface area contributed by atoms with Gasteiger partial charge in [-0.15, -0.1) is 0 Å². The lowest BCUT2D eigenvalue weighted by molar-refractivity contribution is -0.137. The van der Waals surface area contributed by atoms with Crippen LogP contribution in [0, 0.1) is 6.92 Å². The molecule has 0 amide bonds. The van der Waals surface area contributed by atoms with E-state index in [2.05, 4.69) is 22.8 Å². The van der Waals surface area contributed by atoms with E-state index < -0.39 is 17.8 Å². The SMILES string of the molecule is Cc1ccc([C@@H]2CC(=O)C3=C(C2)Nc2ccccc2N[C@H]3c2ccc(C(F)(F)F)cc2)cc1. The molecule has 5 rings (SSSR count). The normalized spacial score (nSPS) is 20.3. The highest BCUT2D eigenvalue weighted by molar-refractivity contribution is 6.01. The number of ketones is 1. The topological polar surface area (TPSA) is 41.1 Å². The lowest BCUT2D eigenvalue weighted by atomic mass is 9.78. The number of hydrogen-bond donors (Lipinski definition) is 2. The molecule has 0 radical (unpaired) electrons. The van der Waals surface area contributed by atoms with Crippen LogP contribution in [-0.2, 0) is 11.0 Å².